The van der Waals surface area contributed by atoms with Gasteiger partial charge in [-0.15, -0.1) is 0 Å². The lowest BCUT2D eigenvalue weighted by Gasteiger charge is -2.13. The lowest BCUT2D eigenvalue weighted by atomic mass is 10.1. The van der Waals surface area contributed by atoms with Crippen molar-refractivity contribution in [2.45, 2.75) is 20.8 Å². The molecule has 2 amide bonds. The van der Waals surface area contributed by atoms with Crippen LogP contribution in [0.25, 0.3) is 0 Å². The molecule has 2 aromatic carbocycles. The minimum absolute atomic E-state index is 0.357. The molecular weight excluding hydrogens is 266 g/mol. The van der Waals surface area contributed by atoms with Crippen molar-refractivity contribution in [1.82, 2.24) is 5.32 Å². The van der Waals surface area contributed by atoms with Gasteiger partial charge < -0.3 is 4.74 Å². The Morgan fingerprint density at radius 2 is 1.48 bits per heavy atom. The van der Waals surface area contributed by atoms with Gasteiger partial charge in [-0.1, -0.05) is 17.7 Å². The van der Waals surface area contributed by atoms with Gasteiger partial charge in [-0.3, -0.25) is 14.9 Å². The van der Waals surface area contributed by atoms with Gasteiger partial charge in [0.2, 0.25) is 0 Å². The summed E-state index contributed by atoms with van der Waals surface area (Å²) in [5.41, 5.74) is 4.00. The van der Waals surface area contributed by atoms with Crippen LogP contribution >= 0.6 is 0 Å². The zero-order chi connectivity index (χ0) is 15.1. The number of hydrogen-bond donors (Lipinski definition) is 1. The Morgan fingerprint density at radius 3 is 2.14 bits per heavy atom. The van der Waals surface area contributed by atoms with Crippen LogP contribution in [-0.2, 0) is 0 Å². The highest BCUT2D eigenvalue weighted by molar-refractivity contribution is 6.21. The van der Waals surface area contributed by atoms with E-state index in [1.807, 2.05) is 32.9 Å². The number of rotatable bonds is 2. The monoisotopic (exact) mass is 281 g/mol. The summed E-state index contributed by atoms with van der Waals surface area (Å²) in [6, 6.07) is 9.02. The quantitative estimate of drug-likeness (QED) is 0.859. The van der Waals surface area contributed by atoms with E-state index < -0.39 is 0 Å². The fraction of sp³-hybridized carbons (Fsp3) is 0.176. The topological polar surface area (TPSA) is 55.4 Å². The van der Waals surface area contributed by atoms with Gasteiger partial charge in [0, 0.05) is 0 Å². The summed E-state index contributed by atoms with van der Waals surface area (Å²) in [7, 11) is 0. The third kappa shape index (κ3) is 2.29. The van der Waals surface area contributed by atoms with Crippen LogP contribution in [0.15, 0.2) is 30.3 Å². The molecule has 21 heavy (non-hydrogen) atoms. The first-order valence-electron chi connectivity index (χ1n) is 6.71. The minimum atomic E-state index is -0.377. The van der Waals surface area contributed by atoms with Crippen molar-refractivity contribution in [3.8, 4) is 11.5 Å². The summed E-state index contributed by atoms with van der Waals surface area (Å²) in [6.45, 7) is 6.01. The van der Waals surface area contributed by atoms with E-state index in [9.17, 15) is 9.59 Å². The lowest BCUT2D eigenvalue weighted by molar-refractivity contribution is 0.0879. The first-order chi connectivity index (χ1) is 9.95. The molecule has 106 valence electrons. The van der Waals surface area contributed by atoms with Gasteiger partial charge in [0.15, 0.2) is 0 Å². The van der Waals surface area contributed by atoms with E-state index >= 15 is 0 Å². The summed E-state index contributed by atoms with van der Waals surface area (Å²) in [6.07, 6.45) is 0. The Balaban J connectivity index is 1.99. The van der Waals surface area contributed by atoms with Crippen LogP contribution in [0.1, 0.15) is 37.4 Å². The van der Waals surface area contributed by atoms with E-state index in [0.29, 0.717) is 16.9 Å². The third-order valence-corrected chi connectivity index (χ3v) is 3.53. The molecule has 0 atom stereocenters. The molecule has 4 heteroatoms. The third-order valence-electron chi connectivity index (χ3n) is 3.53. The van der Waals surface area contributed by atoms with Gasteiger partial charge >= 0.3 is 0 Å². The number of ether oxygens (including phenoxy) is 1. The second-order valence-electron chi connectivity index (χ2n) is 5.32. The Kier molecular flexibility index (Phi) is 3.01. The SMILES string of the molecule is Cc1cc(C)c(Oc2ccc3c(c2)C(=O)NC3=O)c(C)c1. The predicted molar refractivity (Wildman–Crippen MR) is 79.0 cm³/mol. The molecule has 1 aliphatic heterocycles. The molecule has 0 fully saturated rings. The molecule has 0 unspecified atom stereocenters. The normalized spacial score (nSPS) is 13.1. The van der Waals surface area contributed by atoms with Crippen molar-refractivity contribution in [1.29, 1.82) is 0 Å². The maximum Gasteiger partial charge on any atom is 0.259 e. The Labute approximate surface area is 122 Å². The van der Waals surface area contributed by atoms with Crippen LogP contribution in [0.2, 0.25) is 0 Å². The fourth-order valence-electron chi connectivity index (χ4n) is 2.66. The summed E-state index contributed by atoms with van der Waals surface area (Å²) in [5, 5.41) is 2.27. The molecule has 0 radical (unpaired) electrons. The van der Waals surface area contributed by atoms with E-state index in [4.69, 9.17) is 4.74 Å². The Morgan fingerprint density at radius 1 is 0.857 bits per heavy atom. The molecule has 4 nitrogen and oxygen atoms in total. The van der Waals surface area contributed by atoms with Crippen molar-refractivity contribution in [3.05, 3.63) is 58.1 Å². The lowest BCUT2D eigenvalue weighted by Crippen LogP contribution is -2.19. The summed E-state index contributed by atoms with van der Waals surface area (Å²) in [4.78, 5) is 23.2. The molecular formula is C17H15NO3. The van der Waals surface area contributed by atoms with Crippen LogP contribution in [0.4, 0.5) is 0 Å². The fourth-order valence-corrected chi connectivity index (χ4v) is 2.66. The van der Waals surface area contributed by atoms with Crippen LogP contribution in [0.5, 0.6) is 11.5 Å². The second kappa shape index (κ2) is 4.74. The molecule has 1 N–H and O–H groups in total. The van der Waals surface area contributed by atoms with Crippen molar-refractivity contribution in [2.24, 2.45) is 0 Å². The molecule has 1 heterocycles. The summed E-state index contributed by atoms with van der Waals surface area (Å²) >= 11 is 0. The van der Waals surface area contributed by atoms with Crippen molar-refractivity contribution >= 4 is 11.8 Å². The number of nitrogens with one attached hydrogen (secondary N) is 1. The molecule has 2 aromatic rings. The van der Waals surface area contributed by atoms with Crippen molar-refractivity contribution < 1.29 is 14.3 Å². The van der Waals surface area contributed by atoms with Crippen molar-refractivity contribution in [3.63, 3.8) is 0 Å². The van der Waals surface area contributed by atoms with Gasteiger partial charge in [-0.05, 0) is 50.1 Å². The average molecular weight is 281 g/mol. The zero-order valence-electron chi connectivity index (χ0n) is 12.1. The largest absolute Gasteiger partial charge is 0.457 e. The Bertz CT molecular complexity index is 755. The number of benzene rings is 2. The van der Waals surface area contributed by atoms with Gasteiger partial charge in [-0.25, -0.2) is 0 Å². The van der Waals surface area contributed by atoms with Gasteiger partial charge in [0.1, 0.15) is 11.5 Å². The number of carbonyl (C=O) groups is 2. The standard InChI is InChI=1S/C17H15NO3/c1-9-6-10(2)15(11(3)7-9)21-12-4-5-13-14(8-12)17(20)18-16(13)19/h4-8H,1-3H3,(H,18,19,20). The highest BCUT2D eigenvalue weighted by atomic mass is 16.5. The van der Waals surface area contributed by atoms with Gasteiger partial charge in [-0.2, -0.15) is 0 Å². The highest BCUT2D eigenvalue weighted by Gasteiger charge is 2.27. The number of hydrogen-bond acceptors (Lipinski definition) is 3. The summed E-state index contributed by atoms with van der Waals surface area (Å²) in [5.74, 6) is 0.598. The maximum absolute atomic E-state index is 11.7. The van der Waals surface area contributed by atoms with Crippen LogP contribution in [0, 0.1) is 20.8 Å². The van der Waals surface area contributed by atoms with Crippen LogP contribution < -0.4 is 10.1 Å². The summed E-state index contributed by atoms with van der Waals surface area (Å²) < 4.78 is 5.91. The van der Waals surface area contributed by atoms with Crippen molar-refractivity contribution in [2.75, 3.05) is 0 Å². The van der Waals surface area contributed by atoms with E-state index in [1.165, 1.54) is 5.56 Å². The first kappa shape index (κ1) is 13.4. The second-order valence-corrected chi connectivity index (χ2v) is 5.32. The molecule has 0 saturated carbocycles. The molecule has 0 bridgehead atoms. The van der Waals surface area contributed by atoms with Crippen LogP contribution in [0.3, 0.4) is 0 Å². The molecule has 3 rings (SSSR count). The van der Waals surface area contributed by atoms with E-state index in [2.05, 4.69) is 5.32 Å². The molecule has 0 aromatic heterocycles. The number of amides is 2. The molecule has 0 aliphatic carbocycles. The number of aryl methyl sites for hydroxylation is 3. The van der Waals surface area contributed by atoms with E-state index in [-0.39, 0.29) is 11.8 Å². The van der Waals surface area contributed by atoms with Gasteiger partial charge in [0.25, 0.3) is 11.8 Å². The number of imide groups is 1. The molecule has 0 saturated heterocycles. The molecule has 0 spiro atoms. The first-order valence-corrected chi connectivity index (χ1v) is 6.71. The van der Waals surface area contributed by atoms with Gasteiger partial charge in [0.05, 0.1) is 11.1 Å². The average Bonchev–Trinajstić information content (AvgIpc) is 2.69. The predicted octanol–water partition coefficient (Wildman–Crippen LogP) is 3.29. The van der Waals surface area contributed by atoms with Crippen LogP contribution in [-0.4, -0.2) is 11.8 Å². The van der Waals surface area contributed by atoms with E-state index in [0.717, 1.165) is 16.9 Å². The maximum atomic E-state index is 11.7. The zero-order valence-corrected chi connectivity index (χ0v) is 12.1. The number of carbonyl (C=O) groups excluding carboxylic acids is 2. The minimum Gasteiger partial charge on any atom is -0.457 e. The Hall–Kier alpha value is -2.62. The smallest absolute Gasteiger partial charge is 0.259 e. The highest BCUT2D eigenvalue weighted by Crippen LogP contribution is 2.31. The number of fused-ring (bicyclic) bond motifs is 1. The molecule has 1 aliphatic rings. The van der Waals surface area contributed by atoms with E-state index in [1.54, 1.807) is 18.2 Å².